The van der Waals surface area contributed by atoms with Crippen molar-refractivity contribution in [3.8, 4) is 11.5 Å². The van der Waals surface area contributed by atoms with Crippen molar-refractivity contribution in [3.05, 3.63) is 35.2 Å². The van der Waals surface area contributed by atoms with E-state index in [0.717, 1.165) is 18.7 Å². The van der Waals surface area contributed by atoms with Crippen molar-refractivity contribution in [2.45, 2.75) is 11.2 Å². The van der Waals surface area contributed by atoms with Crippen molar-refractivity contribution in [2.75, 3.05) is 20.1 Å². The predicted molar refractivity (Wildman–Crippen MR) is 74.0 cm³/mol. The topological polar surface area (TPSA) is 43.7 Å². The Morgan fingerprint density at radius 2 is 2.06 bits per heavy atom. The van der Waals surface area contributed by atoms with Crippen molar-refractivity contribution in [1.82, 2.24) is 4.90 Å². The SMILES string of the molecule is CN1CC2SC=CC2C(c2ccc(O)c(O)c2)C1. The van der Waals surface area contributed by atoms with Crippen molar-refractivity contribution in [2.24, 2.45) is 5.92 Å². The van der Waals surface area contributed by atoms with Crippen molar-refractivity contribution >= 4 is 11.8 Å². The van der Waals surface area contributed by atoms with Crippen LogP contribution in [-0.2, 0) is 0 Å². The van der Waals surface area contributed by atoms with Crippen LogP contribution < -0.4 is 0 Å². The maximum Gasteiger partial charge on any atom is 0.157 e. The first-order valence-corrected chi connectivity index (χ1v) is 7.12. The molecule has 0 spiro atoms. The molecule has 96 valence electrons. The predicted octanol–water partition coefficient (Wildman–Crippen LogP) is 2.37. The van der Waals surface area contributed by atoms with Crippen LogP contribution in [0.25, 0.3) is 0 Å². The third kappa shape index (κ3) is 1.99. The Hall–Kier alpha value is -1.13. The van der Waals surface area contributed by atoms with Crippen LogP contribution in [0.2, 0.25) is 0 Å². The van der Waals surface area contributed by atoms with Crippen LogP contribution in [-0.4, -0.2) is 40.5 Å². The minimum Gasteiger partial charge on any atom is -0.504 e. The molecule has 1 aromatic carbocycles. The minimum absolute atomic E-state index is 0.0214. The molecule has 18 heavy (non-hydrogen) atoms. The maximum absolute atomic E-state index is 9.65. The molecule has 3 rings (SSSR count). The molecule has 0 radical (unpaired) electrons. The fourth-order valence-electron chi connectivity index (χ4n) is 2.95. The zero-order chi connectivity index (χ0) is 12.7. The molecule has 0 bridgehead atoms. The number of aromatic hydroxyl groups is 2. The molecule has 4 heteroatoms. The largest absolute Gasteiger partial charge is 0.504 e. The standard InChI is InChI=1S/C14H17NO2S/c1-15-7-11(10-4-5-18-14(10)8-15)9-2-3-12(16)13(17)6-9/h2-6,10-11,14,16-17H,7-8H2,1H3. The summed E-state index contributed by atoms with van der Waals surface area (Å²) in [6.07, 6.45) is 2.29. The van der Waals surface area contributed by atoms with Gasteiger partial charge >= 0.3 is 0 Å². The van der Waals surface area contributed by atoms with E-state index in [4.69, 9.17) is 0 Å². The van der Waals surface area contributed by atoms with E-state index in [-0.39, 0.29) is 11.5 Å². The highest BCUT2D eigenvalue weighted by Crippen LogP contribution is 2.44. The average molecular weight is 263 g/mol. The summed E-state index contributed by atoms with van der Waals surface area (Å²) < 4.78 is 0. The number of phenolic OH excluding ortho intramolecular Hbond substituents is 2. The molecule has 2 N–H and O–H groups in total. The third-order valence-electron chi connectivity index (χ3n) is 3.88. The number of piperidine rings is 1. The van der Waals surface area contributed by atoms with E-state index in [0.29, 0.717) is 17.1 Å². The van der Waals surface area contributed by atoms with Gasteiger partial charge in [-0.2, -0.15) is 0 Å². The fourth-order valence-corrected chi connectivity index (χ4v) is 4.22. The average Bonchev–Trinajstić information content (AvgIpc) is 2.79. The lowest BCUT2D eigenvalue weighted by Crippen LogP contribution is -2.43. The molecule has 2 aliphatic heterocycles. The summed E-state index contributed by atoms with van der Waals surface area (Å²) in [4.78, 5) is 2.34. The minimum atomic E-state index is -0.0456. The maximum atomic E-state index is 9.65. The van der Waals surface area contributed by atoms with Gasteiger partial charge in [0.2, 0.25) is 0 Å². The summed E-state index contributed by atoms with van der Waals surface area (Å²) in [5.74, 6) is 0.865. The Morgan fingerprint density at radius 3 is 2.83 bits per heavy atom. The molecule has 1 fully saturated rings. The first kappa shape index (κ1) is 11.9. The molecular formula is C14H17NO2S. The van der Waals surface area contributed by atoms with Gasteiger partial charge < -0.3 is 15.1 Å². The Morgan fingerprint density at radius 1 is 1.22 bits per heavy atom. The van der Waals surface area contributed by atoms with Crippen LogP contribution in [0.4, 0.5) is 0 Å². The molecule has 3 atom stereocenters. The van der Waals surface area contributed by atoms with Crippen LogP contribution in [0.3, 0.4) is 0 Å². The normalized spacial score (nSPS) is 31.5. The van der Waals surface area contributed by atoms with Gasteiger partial charge in [0.15, 0.2) is 11.5 Å². The number of likely N-dealkylation sites (tertiary alicyclic amines) is 1. The number of hydrogen-bond donors (Lipinski definition) is 2. The van der Waals surface area contributed by atoms with Gasteiger partial charge in [-0.25, -0.2) is 0 Å². The van der Waals surface area contributed by atoms with E-state index in [1.807, 2.05) is 17.8 Å². The number of fused-ring (bicyclic) bond motifs is 1. The van der Waals surface area contributed by atoms with E-state index in [9.17, 15) is 10.2 Å². The number of phenols is 2. The molecule has 0 saturated carbocycles. The van der Waals surface area contributed by atoms with Gasteiger partial charge in [0.25, 0.3) is 0 Å². The fraction of sp³-hybridized carbons (Fsp3) is 0.429. The molecule has 3 unspecified atom stereocenters. The molecule has 1 saturated heterocycles. The molecular weight excluding hydrogens is 246 g/mol. The highest BCUT2D eigenvalue weighted by molar-refractivity contribution is 8.03. The molecule has 2 heterocycles. The Balaban J connectivity index is 1.93. The molecule has 3 nitrogen and oxygen atoms in total. The van der Waals surface area contributed by atoms with Crippen LogP contribution in [0.5, 0.6) is 11.5 Å². The lowest BCUT2D eigenvalue weighted by Gasteiger charge is -2.38. The molecule has 0 aromatic heterocycles. The second kappa shape index (κ2) is 4.52. The summed E-state index contributed by atoms with van der Waals surface area (Å²) in [6, 6.07) is 5.21. The van der Waals surface area contributed by atoms with E-state index in [1.54, 1.807) is 12.1 Å². The lowest BCUT2D eigenvalue weighted by atomic mass is 9.80. The highest BCUT2D eigenvalue weighted by Gasteiger charge is 2.37. The number of benzene rings is 1. The zero-order valence-corrected chi connectivity index (χ0v) is 11.1. The van der Waals surface area contributed by atoms with Crippen LogP contribution in [0.1, 0.15) is 11.5 Å². The van der Waals surface area contributed by atoms with Crippen LogP contribution >= 0.6 is 11.8 Å². The van der Waals surface area contributed by atoms with Gasteiger partial charge in [-0.3, -0.25) is 0 Å². The second-order valence-electron chi connectivity index (χ2n) is 5.16. The summed E-state index contributed by atoms with van der Waals surface area (Å²) in [7, 11) is 2.14. The van der Waals surface area contributed by atoms with Crippen LogP contribution in [0, 0.1) is 5.92 Å². The number of hydrogen-bond acceptors (Lipinski definition) is 4. The Kier molecular flexibility index (Phi) is 2.99. The molecule has 0 amide bonds. The van der Waals surface area contributed by atoms with E-state index in [2.05, 4.69) is 23.4 Å². The van der Waals surface area contributed by atoms with Crippen LogP contribution in [0.15, 0.2) is 29.7 Å². The van der Waals surface area contributed by atoms with Gasteiger partial charge in [0.05, 0.1) is 0 Å². The number of rotatable bonds is 1. The molecule has 0 aliphatic carbocycles. The number of allylic oxidation sites excluding steroid dienone is 1. The van der Waals surface area contributed by atoms with Crippen molar-refractivity contribution in [3.63, 3.8) is 0 Å². The molecule has 2 aliphatic rings. The number of likely N-dealkylation sites (N-methyl/N-ethyl adjacent to an activating group) is 1. The smallest absolute Gasteiger partial charge is 0.157 e. The first-order chi connectivity index (χ1) is 8.65. The quantitative estimate of drug-likeness (QED) is 0.764. The van der Waals surface area contributed by atoms with Gasteiger partial charge in [-0.15, -0.1) is 11.8 Å². The first-order valence-electron chi connectivity index (χ1n) is 6.17. The zero-order valence-electron chi connectivity index (χ0n) is 10.3. The van der Waals surface area contributed by atoms with Gasteiger partial charge in [-0.05, 0) is 36.1 Å². The monoisotopic (exact) mass is 263 g/mol. The summed E-state index contributed by atoms with van der Waals surface area (Å²) in [5, 5.41) is 21.9. The number of nitrogens with zero attached hydrogens (tertiary/aromatic N) is 1. The van der Waals surface area contributed by atoms with Gasteiger partial charge in [0, 0.05) is 24.3 Å². The lowest BCUT2D eigenvalue weighted by molar-refractivity contribution is 0.223. The summed E-state index contributed by atoms with van der Waals surface area (Å²) in [5.41, 5.74) is 1.11. The molecule has 1 aromatic rings. The summed E-state index contributed by atoms with van der Waals surface area (Å²) >= 11 is 1.90. The van der Waals surface area contributed by atoms with E-state index >= 15 is 0 Å². The third-order valence-corrected chi connectivity index (χ3v) is 5.00. The highest BCUT2D eigenvalue weighted by atomic mass is 32.2. The Bertz CT molecular complexity index is 489. The van der Waals surface area contributed by atoms with E-state index < -0.39 is 0 Å². The van der Waals surface area contributed by atoms with Gasteiger partial charge in [-0.1, -0.05) is 12.1 Å². The van der Waals surface area contributed by atoms with Crippen molar-refractivity contribution in [1.29, 1.82) is 0 Å². The number of thioether (sulfide) groups is 1. The Labute approximate surface area is 111 Å². The summed E-state index contributed by atoms with van der Waals surface area (Å²) in [6.45, 7) is 2.11. The second-order valence-corrected chi connectivity index (χ2v) is 6.31. The van der Waals surface area contributed by atoms with Crippen molar-refractivity contribution < 1.29 is 10.2 Å². The van der Waals surface area contributed by atoms with Gasteiger partial charge in [0.1, 0.15) is 0 Å². The van der Waals surface area contributed by atoms with E-state index in [1.165, 1.54) is 0 Å².